The van der Waals surface area contributed by atoms with Crippen LogP contribution in [0.25, 0.3) is 11.0 Å². The third-order valence-corrected chi connectivity index (χ3v) is 5.66. The number of aromatic nitrogens is 2. The zero-order chi connectivity index (χ0) is 16.5. The fourth-order valence-electron chi connectivity index (χ4n) is 4.18. The first-order valence-electron chi connectivity index (χ1n) is 9.51. The molecule has 1 saturated carbocycles. The number of benzene rings is 1. The van der Waals surface area contributed by atoms with Gasteiger partial charge >= 0.3 is 0 Å². The van der Waals surface area contributed by atoms with Gasteiger partial charge in [0.05, 0.1) is 11.0 Å². The number of hydrogen-bond donors (Lipinski definition) is 1. The van der Waals surface area contributed by atoms with Crippen molar-refractivity contribution in [2.24, 2.45) is 5.92 Å². The summed E-state index contributed by atoms with van der Waals surface area (Å²) in [5.74, 6) is 1.93. The minimum atomic E-state index is 0.0585. The van der Waals surface area contributed by atoms with Crippen LogP contribution in [0, 0.1) is 5.92 Å². The zero-order valence-electron chi connectivity index (χ0n) is 14.6. The summed E-state index contributed by atoms with van der Waals surface area (Å²) in [7, 11) is 0. The molecule has 128 valence electrons. The highest BCUT2D eigenvalue weighted by Crippen LogP contribution is 2.26. The molecule has 0 radical (unpaired) electrons. The molecule has 4 nitrogen and oxygen atoms in total. The second kappa shape index (κ2) is 6.58. The lowest BCUT2D eigenvalue weighted by molar-refractivity contribution is 0.0933. The van der Waals surface area contributed by atoms with E-state index in [2.05, 4.69) is 22.9 Å². The van der Waals surface area contributed by atoms with Gasteiger partial charge in [-0.15, -0.1) is 0 Å². The van der Waals surface area contributed by atoms with Crippen LogP contribution in [-0.2, 0) is 13.0 Å². The van der Waals surface area contributed by atoms with E-state index in [1.165, 1.54) is 43.4 Å². The van der Waals surface area contributed by atoms with Gasteiger partial charge in [0.2, 0.25) is 0 Å². The minimum absolute atomic E-state index is 0.0585. The third-order valence-electron chi connectivity index (χ3n) is 5.66. The van der Waals surface area contributed by atoms with Crippen LogP contribution in [0.3, 0.4) is 0 Å². The van der Waals surface area contributed by atoms with Crippen molar-refractivity contribution in [2.45, 2.75) is 70.9 Å². The average Bonchev–Trinajstić information content (AvgIpc) is 2.74. The molecule has 4 rings (SSSR count). The number of aryl methyl sites for hydroxylation is 1. The molecule has 24 heavy (non-hydrogen) atoms. The van der Waals surface area contributed by atoms with Gasteiger partial charge in [0.1, 0.15) is 5.82 Å². The van der Waals surface area contributed by atoms with Gasteiger partial charge in [0.25, 0.3) is 5.91 Å². The lowest BCUT2D eigenvalue weighted by Crippen LogP contribution is -2.34. The van der Waals surface area contributed by atoms with Gasteiger partial charge in [-0.2, -0.15) is 0 Å². The van der Waals surface area contributed by atoms with Crippen molar-refractivity contribution in [1.29, 1.82) is 0 Å². The maximum absolute atomic E-state index is 12.6. The number of nitrogens with zero attached hydrogens (tertiary/aromatic N) is 2. The normalized spacial score (nSPS) is 22.1. The third kappa shape index (κ3) is 3.06. The Labute approximate surface area is 143 Å². The molecule has 1 amide bonds. The van der Waals surface area contributed by atoms with Crippen molar-refractivity contribution >= 4 is 16.9 Å². The van der Waals surface area contributed by atoms with Gasteiger partial charge in [-0.25, -0.2) is 4.98 Å². The predicted molar refractivity (Wildman–Crippen MR) is 96.2 cm³/mol. The molecule has 1 fully saturated rings. The molecule has 1 atom stereocenters. The van der Waals surface area contributed by atoms with E-state index in [-0.39, 0.29) is 5.91 Å². The Morgan fingerprint density at radius 1 is 1.17 bits per heavy atom. The molecule has 1 aliphatic carbocycles. The van der Waals surface area contributed by atoms with Gasteiger partial charge in [0, 0.05) is 24.6 Å². The molecule has 2 aromatic rings. The summed E-state index contributed by atoms with van der Waals surface area (Å²) < 4.78 is 2.32. The quantitative estimate of drug-likeness (QED) is 0.846. The van der Waals surface area contributed by atoms with E-state index in [1.54, 1.807) is 0 Å². The summed E-state index contributed by atoms with van der Waals surface area (Å²) in [6.07, 6.45) is 9.55. The Balaban J connectivity index is 1.55. The summed E-state index contributed by atoms with van der Waals surface area (Å²) in [6.45, 7) is 3.33. The van der Waals surface area contributed by atoms with Crippen molar-refractivity contribution in [2.75, 3.05) is 0 Å². The number of carbonyl (C=O) groups is 1. The zero-order valence-corrected chi connectivity index (χ0v) is 14.6. The van der Waals surface area contributed by atoms with Crippen molar-refractivity contribution in [1.82, 2.24) is 14.9 Å². The Morgan fingerprint density at radius 2 is 1.96 bits per heavy atom. The molecule has 1 N–H and O–H groups in total. The molecule has 1 aliphatic heterocycles. The summed E-state index contributed by atoms with van der Waals surface area (Å²) in [4.78, 5) is 17.4. The van der Waals surface area contributed by atoms with Crippen LogP contribution in [0.1, 0.15) is 68.1 Å². The van der Waals surface area contributed by atoms with Crippen LogP contribution in [0.5, 0.6) is 0 Å². The smallest absolute Gasteiger partial charge is 0.251 e. The fraction of sp³-hybridized carbons (Fsp3) is 0.600. The van der Waals surface area contributed by atoms with E-state index in [0.717, 1.165) is 36.9 Å². The summed E-state index contributed by atoms with van der Waals surface area (Å²) in [6, 6.07) is 6.34. The topological polar surface area (TPSA) is 46.9 Å². The van der Waals surface area contributed by atoms with Gasteiger partial charge in [0.15, 0.2) is 0 Å². The number of carbonyl (C=O) groups excluding carboxylic acids is 1. The number of nitrogens with one attached hydrogen (secondary N) is 1. The number of imidazole rings is 1. The van der Waals surface area contributed by atoms with E-state index in [9.17, 15) is 4.79 Å². The fourth-order valence-corrected chi connectivity index (χ4v) is 4.18. The molecular formula is C20H27N3O. The summed E-state index contributed by atoms with van der Waals surface area (Å²) >= 11 is 0. The second-order valence-corrected chi connectivity index (χ2v) is 7.64. The Bertz CT molecular complexity index is 741. The first-order chi connectivity index (χ1) is 11.7. The largest absolute Gasteiger partial charge is 0.349 e. The Kier molecular flexibility index (Phi) is 4.30. The van der Waals surface area contributed by atoms with E-state index in [0.29, 0.717) is 12.0 Å². The number of rotatable bonds is 2. The van der Waals surface area contributed by atoms with E-state index in [1.807, 2.05) is 12.1 Å². The predicted octanol–water partition coefficient (Wildman–Crippen LogP) is 4.07. The van der Waals surface area contributed by atoms with Crippen molar-refractivity contribution in [3.05, 3.63) is 29.6 Å². The average molecular weight is 325 g/mol. The first-order valence-corrected chi connectivity index (χ1v) is 9.51. The van der Waals surface area contributed by atoms with Crippen LogP contribution in [0.15, 0.2) is 18.2 Å². The SMILES string of the molecule is C[C@@H]1CCn2c(nc3cc(C(=O)NC4CCCCCC4)ccc32)C1. The standard InChI is InChI=1S/C20H27N3O/c1-14-10-11-23-18-9-8-15(13-17(18)22-19(23)12-14)20(24)21-16-6-4-2-3-5-7-16/h8-9,13-14,16H,2-7,10-12H2,1H3,(H,21,24)/t14-/m1/s1. The van der Waals surface area contributed by atoms with Crippen LogP contribution < -0.4 is 5.32 Å². The molecule has 2 aliphatic rings. The van der Waals surface area contributed by atoms with E-state index in [4.69, 9.17) is 4.98 Å². The molecule has 0 saturated heterocycles. The molecule has 0 unspecified atom stereocenters. The first kappa shape index (κ1) is 15.7. The summed E-state index contributed by atoms with van der Waals surface area (Å²) in [5, 5.41) is 3.24. The van der Waals surface area contributed by atoms with E-state index >= 15 is 0 Å². The highest BCUT2D eigenvalue weighted by Gasteiger charge is 2.21. The van der Waals surface area contributed by atoms with Crippen molar-refractivity contribution < 1.29 is 4.79 Å². The Hall–Kier alpha value is -1.84. The van der Waals surface area contributed by atoms with Crippen molar-refractivity contribution in [3.63, 3.8) is 0 Å². The second-order valence-electron chi connectivity index (χ2n) is 7.64. The molecule has 2 heterocycles. The molecular weight excluding hydrogens is 298 g/mol. The lowest BCUT2D eigenvalue weighted by atomic mass is 10.0. The van der Waals surface area contributed by atoms with Gasteiger partial charge in [-0.3, -0.25) is 4.79 Å². The van der Waals surface area contributed by atoms with Gasteiger partial charge < -0.3 is 9.88 Å². The maximum Gasteiger partial charge on any atom is 0.251 e. The lowest BCUT2D eigenvalue weighted by Gasteiger charge is -2.20. The van der Waals surface area contributed by atoms with Gasteiger partial charge in [-0.1, -0.05) is 32.6 Å². The van der Waals surface area contributed by atoms with Crippen molar-refractivity contribution in [3.8, 4) is 0 Å². The van der Waals surface area contributed by atoms with Crippen LogP contribution in [0.2, 0.25) is 0 Å². The number of amides is 1. The maximum atomic E-state index is 12.6. The summed E-state index contributed by atoms with van der Waals surface area (Å²) in [5.41, 5.74) is 2.88. The number of fused-ring (bicyclic) bond motifs is 3. The molecule has 4 heteroatoms. The monoisotopic (exact) mass is 325 g/mol. The number of hydrogen-bond acceptors (Lipinski definition) is 2. The molecule has 1 aromatic heterocycles. The van der Waals surface area contributed by atoms with Crippen LogP contribution in [0.4, 0.5) is 0 Å². The molecule has 1 aromatic carbocycles. The molecule has 0 spiro atoms. The van der Waals surface area contributed by atoms with E-state index < -0.39 is 0 Å². The van der Waals surface area contributed by atoms with Crippen LogP contribution in [-0.4, -0.2) is 21.5 Å². The highest BCUT2D eigenvalue weighted by molar-refractivity contribution is 5.97. The molecule has 0 bridgehead atoms. The minimum Gasteiger partial charge on any atom is -0.349 e. The van der Waals surface area contributed by atoms with Crippen LogP contribution >= 0.6 is 0 Å². The van der Waals surface area contributed by atoms with Gasteiger partial charge in [-0.05, 0) is 43.4 Å². The highest BCUT2D eigenvalue weighted by atomic mass is 16.1. The Morgan fingerprint density at radius 3 is 2.75 bits per heavy atom.